The summed E-state index contributed by atoms with van der Waals surface area (Å²) >= 11 is 1.51. The maximum absolute atomic E-state index is 12.7. The third-order valence-corrected chi connectivity index (χ3v) is 5.18. The maximum Gasteiger partial charge on any atom is 0.321 e. The van der Waals surface area contributed by atoms with Gasteiger partial charge >= 0.3 is 11.9 Å². The first kappa shape index (κ1) is 18.2. The van der Waals surface area contributed by atoms with Crippen molar-refractivity contribution in [3.05, 3.63) is 58.4 Å². The van der Waals surface area contributed by atoms with Crippen LogP contribution in [0.5, 0.6) is 0 Å². The van der Waals surface area contributed by atoms with E-state index in [-0.39, 0.29) is 13.2 Å². The SMILES string of the molecule is CCOC(=O)C(C(=O)OCC)C(c1cccs1)c1c[nH]c2ccccc12. The quantitative estimate of drug-likeness (QED) is 0.501. The summed E-state index contributed by atoms with van der Waals surface area (Å²) in [7, 11) is 0. The molecule has 0 fully saturated rings. The van der Waals surface area contributed by atoms with E-state index >= 15 is 0 Å². The van der Waals surface area contributed by atoms with Crippen LogP contribution in [0.15, 0.2) is 48.0 Å². The van der Waals surface area contributed by atoms with Gasteiger partial charge in [0.15, 0.2) is 5.92 Å². The second-order valence-corrected chi connectivity index (χ2v) is 6.74. The molecule has 1 unspecified atom stereocenters. The van der Waals surface area contributed by atoms with Crippen molar-refractivity contribution >= 4 is 34.2 Å². The van der Waals surface area contributed by atoms with E-state index < -0.39 is 23.8 Å². The van der Waals surface area contributed by atoms with Crippen LogP contribution in [0.1, 0.15) is 30.2 Å². The lowest BCUT2D eigenvalue weighted by atomic mass is 9.84. The lowest BCUT2D eigenvalue weighted by Gasteiger charge is -2.23. The van der Waals surface area contributed by atoms with Gasteiger partial charge in [-0.05, 0) is 36.9 Å². The zero-order valence-electron chi connectivity index (χ0n) is 14.7. The number of carbonyl (C=O) groups excluding carboxylic acids is 2. The molecule has 26 heavy (non-hydrogen) atoms. The Kier molecular flexibility index (Phi) is 5.73. The number of para-hydroxylation sites is 1. The molecule has 136 valence electrons. The molecule has 5 nitrogen and oxygen atoms in total. The maximum atomic E-state index is 12.7. The predicted octanol–water partition coefficient (Wildman–Crippen LogP) is 4.10. The summed E-state index contributed by atoms with van der Waals surface area (Å²) in [6.07, 6.45) is 1.86. The minimum Gasteiger partial charge on any atom is -0.465 e. The van der Waals surface area contributed by atoms with Crippen molar-refractivity contribution in [3.8, 4) is 0 Å². The highest BCUT2D eigenvalue weighted by molar-refractivity contribution is 7.10. The van der Waals surface area contributed by atoms with Gasteiger partial charge in [-0.3, -0.25) is 9.59 Å². The van der Waals surface area contributed by atoms with Crippen LogP contribution in [-0.4, -0.2) is 30.1 Å². The lowest BCUT2D eigenvalue weighted by Crippen LogP contribution is -2.33. The topological polar surface area (TPSA) is 68.4 Å². The van der Waals surface area contributed by atoms with Gasteiger partial charge < -0.3 is 14.5 Å². The number of aromatic nitrogens is 1. The van der Waals surface area contributed by atoms with Crippen LogP contribution < -0.4 is 0 Å². The van der Waals surface area contributed by atoms with Gasteiger partial charge in [-0.25, -0.2) is 0 Å². The van der Waals surface area contributed by atoms with E-state index in [1.165, 1.54) is 11.3 Å². The Morgan fingerprint density at radius 3 is 2.35 bits per heavy atom. The number of nitrogens with one attached hydrogen (secondary N) is 1. The van der Waals surface area contributed by atoms with Gasteiger partial charge in [-0.15, -0.1) is 11.3 Å². The molecule has 3 aromatic rings. The van der Waals surface area contributed by atoms with Gasteiger partial charge in [0.25, 0.3) is 0 Å². The van der Waals surface area contributed by atoms with E-state index in [0.717, 1.165) is 21.3 Å². The van der Waals surface area contributed by atoms with Crippen LogP contribution in [-0.2, 0) is 19.1 Å². The Morgan fingerprint density at radius 2 is 1.73 bits per heavy atom. The molecular weight excluding hydrogens is 350 g/mol. The average Bonchev–Trinajstić information content (AvgIpc) is 3.30. The second-order valence-electron chi connectivity index (χ2n) is 5.76. The summed E-state index contributed by atoms with van der Waals surface area (Å²) < 4.78 is 10.4. The number of fused-ring (bicyclic) bond motifs is 1. The molecule has 0 saturated carbocycles. The molecule has 0 radical (unpaired) electrons. The number of benzene rings is 1. The van der Waals surface area contributed by atoms with Gasteiger partial charge in [-0.2, -0.15) is 0 Å². The molecule has 6 heteroatoms. The van der Waals surface area contributed by atoms with Gasteiger partial charge in [0.2, 0.25) is 0 Å². The van der Waals surface area contributed by atoms with Gasteiger partial charge in [0.05, 0.1) is 13.2 Å². The third-order valence-electron chi connectivity index (χ3n) is 4.22. The van der Waals surface area contributed by atoms with Crippen LogP contribution in [0.3, 0.4) is 0 Å². The summed E-state index contributed by atoms with van der Waals surface area (Å²) in [5.41, 5.74) is 1.84. The van der Waals surface area contributed by atoms with Crippen LogP contribution in [0.25, 0.3) is 10.9 Å². The molecule has 0 saturated heterocycles. The number of thiophene rings is 1. The number of rotatable bonds is 7. The molecule has 0 aliphatic rings. The van der Waals surface area contributed by atoms with Gasteiger partial charge in [-0.1, -0.05) is 24.3 Å². The van der Waals surface area contributed by atoms with E-state index in [1.807, 2.05) is 48.0 Å². The van der Waals surface area contributed by atoms with Crippen molar-refractivity contribution in [1.82, 2.24) is 4.98 Å². The third kappa shape index (κ3) is 3.51. The first-order chi connectivity index (χ1) is 12.7. The lowest BCUT2D eigenvalue weighted by molar-refractivity contribution is -0.162. The normalized spacial score (nSPS) is 12.3. The minimum atomic E-state index is -1.05. The highest BCUT2D eigenvalue weighted by atomic mass is 32.1. The Labute approximate surface area is 155 Å². The highest BCUT2D eigenvalue weighted by Gasteiger charge is 2.41. The fourth-order valence-corrected chi connectivity index (χ4v) is 4.03. The largest absolute Gasteiger partial charge is 0.465 e. The monoisotopic (exact) mass is 371 g/mol. The Hall–Kier alpha value is -2.60. The average molecular weight is 371 g/mol. The van der Waals surface area contributed by atoms with Gasteiger partial charge in [0.1, 0.15) is 0 Å². The van der Waals surface area contributed by atoms with Crippen molar-refractivity contribution in [2.45, 2.75) is 19.8 Å². The first-order valence-corrected chi connectivity index (χ1v) is 9.48. The fourth-order valence-electron chi connectivity index (χ4n) is 3.15. The number of esters is 2. The number of carbonyl (C=O) groups is 2. The van der Waals surface area contributed by atoms with Crippen LogP contribution in [0.4, 0.5) is 0 Å². The molecule has 3 rings (SSSR count). The first-order valence-electron chi connectivity index (χ1n) is 8.60. The fraction of sp³-hybridized carbons (Fsp3) is 0.300. The van der Waals surface area contributed by atoms with Crippen molar-refractivity contribution in [3.63, 3.8) is 0 Å². The highest BCUT2D eigenvalue weighted by Crippen LogP contribution is 2.39. The van der Waals surface area contributed by atoms with Crippen LogP contribution >= 0.6 is 11.3 Å². The molecule has 0 spiro atoms. The number of H-pyrrole nitrogens is 1. The van der Waals surface area contributed by atoms with E-state index in [9.17, 15) is 9.59 Å². The van der Waals surface area contributed by atoms with Crippen molar-refractivity contribution in [1.29, 1.82) is 0 Å². The molecule has 2 aromatic heterocycles. The molecule has 0 amide bonds. The molecule has 1 aromatic carbocycles. The van der Waals surface area contributed by atoms with Crippen molar-refractivity contribution in [2.24, 2.45) is 5.92 Å². The summed E-state index contributed by atoms with van der Waals surface area (Å²) in [5.74, 6) is -2.64. The Morgan fingerprint density at radius 1 is 1.04 bits per heavy atom. The molecule has 0 aliphatic carbocycles. The standard InChI is InChI=1S/C20H21NO4S/c1-3-24-19(22)18(20(23)25-4-2)17(16-10-7-11-26-16)14-12-21-15-9-6-5-8-13(14)15/h5-12,17-18,21H,3-4H2,1-2H3. The zero-order chi connectivity index (χ0) is 18.5. The summed E-state index contributed by atoms with van der Waals surface area (Å²) in [4.78, 5) is 29.5. The van der Waals surface area contributed by atoms with Gasteiger partial charge in [0, 0.05) is 27.9 Å². The molecule has 1 atom stereocenters. The summed E-state index contributed by atoms with van der Waals surface area (Å²) in [6, 6.07) is 11.7. The molecule has 1 N–H and O–H groups in total. The minimum absolute atomic E-state index is 0.208. The molecule has 0 bridgehead atoms. The molecular formula is C20H21NO4S. The second kappa shape index (κ2) is 8.19. The van der Waals surface area contributed by atoms with Crippen molar-refractivity contribution in [2.75, 3.05) is 13.2 Å². The van der Waals surface area contributed by atoms with E-state index in [2.05, 4.69) is 4.98 Å². The zero-order valence-corrected chi connectivity index (χ0v) is 15.5. The van der Waals surface area contributed by atoms with E-state index in [4.69, 9.17) is 9.47 Å². The summed E-state index contributed by atoms with van der Waals surface area (Å²) in [5, 5.41) is 2.91. The van der Waals surface area contributed by atoms with Crippen molar-refractivity contribution < 1.29 is 19.1 Å². The predicted molar refractivity (Wildman–Crippen MR) is 101 cm³/mol. The summed E-state index contributed by atoms with van der Waals surface area (Å²) in [6.45, 7) is 3.87. The molecule has 0 aliphatic heterocycles. The molecule has 2 heterocycles. The number of hydrogen-bond donors (Lipinski definition) is 1. The number of aromatic amines is 1. The Bertz CT molecular complexity index is 866. The van der Waals surface area contributed by atoms with Crippen LogP contribution in [0.2, 0.25) is 0 Å². The Balaban J connectivity index is 2.15. The van der Waals surface area contributed by atoms with E-state index in [1.54, 1.807) is 13.8 Å². The smallest absolute Gasteiger partial charge is 0.321 e. The van der Waals surface area contributed by atoms with E-state index in [0.29, 0.717) is 0 Å². The number of hydrogen-bond acceptors (Lipinski definition) is 5. The number of ether oxygens (including phenoxy) is 2. The van der Waals surface area contributed by atoms with Crippen LogP contribution in [0, 0.1) is 5.92 Å².